The van der Waals surface area contributed by atoms with Crippen LogP contribution in [0.15, 0.2) is 9.85 Å². The summed E-state index contributed by atoms with van der Waals surface area (Å²) in [5, 5.41) is 19.5. The SMILES string of the molecule is Cc1cc(C(=O)N[C@@H](CC(=O)O)C(=O)O)sc1Br. The number of amides is 1. The predicted octanol–water partition coefficient (Wildman–Crippen LogP) is 1.48. The Morgan fingerprint density at radius 1 is 1.44 bits per heavy atom. The van der Waals surface area contributed by atoms with E-state index in [1.807, 2.05) is 0 Å². The van der Waals surface area contributed by atoms with Gasteiger partial charge in [-0.3, -0.25) is 9.59 Å². The van der Waals surface area contributed by atoms with E-state index < -0.39 is 30.3 Å². The van der Waals surface area contributed by atoms with Gasteiger partial charge in [0.2, 0.25) is 0 Å². The van der Waals surface area contributed by atoms with Crippen molar-refractivity contribution in [2.24, 2.45) is 0 Å². The van der Waals surface area contributed by atoms with Crippen LogP contribution in [0.1, 0.15) is 21.7 Å². The Kier molecular flexibility index (Phi) is 4.85. The molecule has 0 aliphatic heterocycles. The number of carbonyl (C=O) groups is 3. The second kappa shape index (κ2) is 5.96. The summed E-state index contributed by atoms with van der Waals surface area (Å²) in [6.07, 6.45) is -0.660. The largest absolute Gasteiger partial charge is 0.481 e. The molecule has 0 aromatic carbocycles. The zero-order valence-electron chi connectivity index (χ0n) is 9.27. The summed E-state index contributed by atoms with van der Waals surface area (Å²) in [7, 11) is 0. The quantitative estimate of drug-likeness (QED) is 0.756. The molecule has 1 heterocycles. The van der Waals surface area contributed by atoms with E-state index in [0.29, 0.717) is 4.88 Å². The third-order valence-electron chi connectivity index (χ3n) is 2.06. The Hall–Kier alpha value is -1.41. The van der Waals surface area contributed by atoms with Crippen LogP contribution in [0.2, 0.25) is 0 Å². The van der Waals surface area contributed by atoms with Crippen molar-refractivity contribution in [3.8, 4) is 0 Å². The summed E-state index contributed by atoms with van der Waals surface area (Å²) in [4.78, 5) is 33.3. The zero-order valence-corrected chi connectivity index (χ0v) is 11.7. The predicted molar refractivity (Wildman–Crippen MR) is 67.9 cm³/mol. The first-order chi connectivity index (χ1) is 8.31. The Balaban J connectivity index is 2.78. The maximum atomic E-state index is 11.7. The molecule has 0 unspecified atom stereocenters. The second-order valence-corrected chi connectivity index (χ2v) is 5.90. The first kappa shape index (κ1) is 14.7. The number of hydrogen-bond acceptors (Lipinski definition) is 4. The van der Waals surface area contributed by atoms with Crippen LogP contribution in [-0.4, -0.2) is 34.1 Å². The molecule has 8 heteroatoms. The monoisotopic (exact) mass is 335 g/mol. The standard InChI is InChI=1S/C10H10BrNO5S/c1-4-2-6(18-8(4)11)9(15)12-5(10(16)17)3-7(13)14/h2,5H,3H2,1H3,(H,12,15)(H,13,14)(H,16,17)/t5-/m0/s1. The molecule has 1 rings (SSSR count). The van der Waals surface area contributed by atoms with Gasteiger partial charge in [-0.15, -0.1) is 11.3 Å². The molecule has 0 spiro atoms. The van der Waals surface area contributed by atoms with Crippen molar-refractivity contribution in [3.63, 3.8) is 0 Å². The number of aliphatic carboxylic acids is 2. The number of halogens is 1. The molecular weight excluding hydrogens is 326 g/mol. The fraction of sp³-hybridized carbons (Fsp3) is 0.300. The van der Waals surface area contributed by atoms with Gasteiger partial charge in [-0.1, -0.05) is 0 Å². The maximum Gasteiger partial charge on any atom is 0.326 e. The van der Waals surface area contributed by atoms with Gasteiger partial charge < -0.3 is 15.5 Å². The minimum Gasteiger partial charge on any atom is -0.481 e. The molecule has 0 aliphatic carbocycles. The fourth-order valence-corrected chi connectivity index (χ4v) is 2.61. The van der Waals surface area contributed by atoms with E-state index in [4.69, 9.17) is 10.2 Å². The Morgan fingerprint density at radius 2 is 2.06 bits per heavy atom. The van der Waals surface area contributed by atoms with Crippen LogP contribution in [-0.2, 0) is 9.59 Å². The number of carboxylic acid groups (broad SMARTS) is 2. The summed E-state index contributed by atoms with van der Waals surface area (Å²) < 4.78 is 0.776. The van der Waals surface area contributed by atoms with Crippen molar-refractivity contribution in [2.75, 3.05) is 0 Å². The molecule has 1 amide bonds. The molecule has 1 atom stereocenters. The van der Waals surface area contributed by atoms with Gasteiger partial charge in [-0.2, -0.15) is 0 Å². The van der Waals surface area contributed by atoms with Crippen LogP contribution in [0.4, 0.5) is 0 Å². The van der Waals surface area contributed by atoms with Crippen LogP contribution in [0.3, 0.4) is 0 Å². The van der Waals surface area contributed by atoms with Gasteiger partial charge in [0, 0.05) is 0 Å². The van der Waals surface area contributed by atoms with Gasteiger partial charge in [0.1, 0.15) is 6.04 Å². The number of aryl methyl sites for hydroxylation is 1. The Labute approximate surface area is 115 Å². The smallest absolute Gasteiger partial charge is 0.326 e. The van der Waals surface area contributed by atoms with Crippen molar-refractivity contribution in [1.29, 1.82) is 0 Å². The molecule has 0 saturated carbocycles. The molecule has 0 fully saturated rings. The summed E-state index contributed by atoms with van der Waals surface area (Å²) in [5.74, 6) is -3.26. The van der Waals surface area contributed by atoms with Crippen LogP contribution >= 0.6 is 27.3 Å². The van der Waals surface area contributed by atoms with E-state index in [-0.39, 0.29) is 0 Å². The maximum absolute atomic E-state index is 11.7. The minimum atomic E-state index is -1.43. The van der Waals surface area contributed by atoms with Gasteiger partial charge in [-0.05, 0) is 34.5 Å². The van der Waals surface area contributed by atoms with Gasteiger partial charge in [0.25, 0.3) is 5.91 Å². The number of hydrogen-bond donors (Lipinski definition) is 3. The normalized spacial score (nSPS) is 11.9. The van der Waals surface area contributed by atoms with Crippen molar-refractivity contribution < 1.29 is 24.6 Å². The van der Waals surface area contributed by atoms with E-state index in [0.717, 1.165) is 20.7 Å². The lowest BCUT2D eigenvalue weighted by atomic mass is 10.2. The number of carbonyl (C=O) groups excluding carboxylic acids is 1. The van der Waals surface area contributed by atoms with E-state index >= 15 is 0 Å². The lowest BCUT2D eigenvalue weighted by molar-refractivity contribution is -0.145. The van der Waals surface area contributed by atoms with Gasteiger partial charge in [0.15, 0.2) is 0 Å². The average molecular weight is 336 g/mol. The van der Waals surface area contributed by atoms with Crippen molar-refractivity contribution in [3.05, 3.63) is 20.3 Å². The molecule has 98 valence electrons. The molecule has 0 radical (unpaired) electrons. The highest BCUT2D eigenvalue weighted by atomic mass is 79.9. The second-order valence-electron chi connectivity index (χ2n) is 3.53. The van der Waals surface area contributed by atoms with E-state index in [2.05, 4.69) is 21.2 Å². The van der Waals surface area contributed by atoms with Crippen molar-refractivity contribution in [1.82, 2.24) is 5.32 Å². The lowest BCUT2D eigenvalue weighted by Crippen LogP contribution is -2.41. The third kappa shape index (κ3) is 3.81. The highest BCUT2D eigenvalue weighted by Crippen LogP contribution is 2.27. The Morgan fingerprint density at radius 3 is 2.44 bits per heavy atom. The fourth-order valence-electron chi connectivity index (χ4n) is 1.18. The first-order valence-corrected chi connectivity index (χ1v) is 6.43. The molecule has 0 bridgehead atoms. The summed E-state index contributed by atoms with van der Waals surface area (Å²) in [5.41, 5.74) is 0.857. The summed E-state index contributed by atoms with van der Waals surface area (Å²) >= 11 is 4.41. The van der Waals surface area contributed by atoms with E-state index in [1.54, 1.807) is 13.0 Å². The number of carboxylic acids is 2. The molecule has 0 aliphatic rings. The van der Waals surface area contributed by atoms with Gasteiger partial charge in [-0.25, -0.2) is 4.79 Å². The molecule has 18 heavy (non-hydrogen) atoms. The van der Waals surface area contributed by atoms with E-state index in [9.17, 15) is 14.4 Å². The average Bonchev–Trinajstić information content (AvgIpc) is 2.57. The summed E-state index contributed by atoms with van der Waals surface area (Å²) in [6.45, 7) is 1.79. The van der Waals surface area contributed by atoms with Gasteiger partial charge in [0.05, 0.1) is 15.1 Å². The summed E-state index contributed by atoms with van der Waals surface area (Å²) in [6, 6.07) is 0.167. The van der Waals surface area contributed by atoms with Crippen molar-refractivity contribution in [2.45, 2.75) is 19.4 Å². The zero-order chi connectivity index (χ0) is 13.9. The van der Waals surface area contributed by atoms with E-state index in [1.165, 1.54) is 0 Å². The molecule has 1 aromatic heterocycles. The topological polar surface area (TPSA) is 104 Å². The highest BCUT2D eigenvalue weighted by molar-refractivity contribution is 9.11. The van der Waals surface area contributed by atoms with Crippen LogP contribution in [0.5, 0.6) is 0 Å². The van der Waals surface area contributed by atoms with Gasteiger partial charge >= 0.3 is 11.9 Å². The number of rotatable bonds is 5. The molecule has 1 aromatic rings. The highest BCUT2D eigenvalue weighted by Gasteiger charge is 2.24. The Bertz CT molecular complexity index is 479. The number of thiophene rings is 1. The molecular formula is C10H10BrNO5S. The third-order valence-corrected chi connectivity index (χ3v) is 4.20. The van der Waals surface area contributed by atoms with Crippen LogP contribution < -0.4 is 5.32 Å². The lowest BCUT2D eigenvalue weighted by Gasteiger charge is -2.11. The van der Waals surface area contributed by atoms with Crippen LogP contribution in [0, 0.1) is 6.92 Å². The first-order valence-electron chi connectivity index (χ1n) is 4.82. The minimum absolute atomic E-state index is 0.330. The van der Waals surface area contributed by atoms with Crippen molar-refractivity contribution >= 4 is 45.1 Å². The van der Waals surface area contributed by atoms with Crippen LogP contribution in [0.25, 0.3) is 0 Å². The number of nitrogens with one attached hydrogen (secondary N) is 1. The molecule has 6 nitrogen and oxygen atoms in total. The molecule has 3 N–H and O–H groups in total. The molecule has 0 saturated heterocycles.